The van der Waals surface area contributed by atoms with Gasteiger partial charge in [-0.25, -0.2) is 0 Å². The molecule has 0 unspecified atom stereocenters. The molecule has 0 bridgehead atoms. The van der Waals surface area contributed by atoms with Crippen LogP contribution in [0.1, 0.15) is 13.3 Å². The monoisotopic (exact) mass is 327 g/mol. The predicted molar refractivity (Wildman–Crippen MR) is 89.2 cm³/mol. The van der Waals surface area contributed by atoms with Crippen molar-refractivity contribution in [1.29, 1.82) is 0 Å². The quantitative estimate of drug-likeness (QED) is 0.890. The van der Waals surface area contributed by atoms with Gasteiger partial charge in [-0.2, -0.15) is 0 Å². The number of ether oxygens (including phenoxy) is 1. The third kappa shape index (κ3) is 3.15. The number of hydrogen-bond acceptors (Lipinski definition) is 4. The van der Waals surface area contributed by atoms with E-state index in [1.807, 2.05) is 12.1 Å². The zero-order valence-corrected chi connectivity index (χ0v) is 13.1. The molecule has 1 aliphatic heterocycles. The Hall–Kier alpha value is -3.09. The van der Waals surface area contributed by atoms with Crippen LogP contribution in [0.4, 0.5) is 11.4 Å². The number of amides is 2. The lowest BCUT2D eigenvalue weighted by Gasteiger charge is -2.32. The van der Waals surface area contributed by atoms with Gasteiger partial charge in [-0.15, -0.1) is 0 Å². The standard InChI is InChI=1S/C17H17N3O4/c1-11-17(23)20(13-4-2-3-5-15(13)24-11)9-7-16(22)19-12-10-18-8-6-14(12)21/h2-6,8,10-11H,7,9H2,1H3,(H,18,21)(H,19,22)/t11-/m1/s1. The Labute approximate surface area is 138 Å². The molecule has 124 valence electrons. The maximum absolute atomic E-state index is 12.3. The summed E-state index contributed by atoms with van der Waals surface area (Å²) in [6, 6.07) is 8.53. The zero-order chi connectivity index (χ0) is 17.1. The van der Waals surface area contributed by atoms with Gasteiger partial charge in [0.05, 0.1) is 5.69 Å². The molecule has 2 amide bonds. The van der Waals surface area contributed by atoms with Crippen LogP contribution in [0.2, 0.25) is 0 Å². The minimum absolute atomic E-state index is 0.0706. The highest BCUT2D eigenvalue weighted by atomic mass is 16.5. The summed E-state index contributed by atoms with van der Waals surface area (Å²) in [5.41, 5.74) is 0.555. The number of para-hydroxylation sites is 2. The molecule has 0 aliphatic carbocycles. The van der Waals surface area contributed by atoms with Crippen LogP contribution in [-0.4, -0.2) is 29.4 Å². The van der Waals surface area contributed by atoms with Crippen LogP contribution in [0.25, 0.3) is 0 Å². The van der Waals surface area contributed by atoms with Crippen molar-refractivity contribution in [1.82, 2.24) is 4.98 Å². The molecule has 3 rings (SSSR count). The Balaban J connectivity index is 1.70. The Morgan fingerprint density at radius 1 is 1.29 bits per heavy atom. The summed E-state index contributed by atoms with van der Waals surface area (Å²) >= 11 is 0. The maximum Gasteiger partial charge on any atom is 0.267 e. The zero-order valence-electron chi connectivity index (χ0n) is 13.1. The maximum atomic E-state index is 12.3. The molecule has 2 aromatic rings. The van der Waals surface area contributed by atoms with E-state index in [1.165, 1.54) is 23.4 Å². The van der Waals surface area contributed by atoms with Gasteiger partial charge in [-0.05, 0) is 19.1 Å². The minimum Gasteiger partial charge on any atom is -0.479 e. The van der Waals surface area contributed by atoms with Gasteiger partial charge in [0.1, 0.15) is 11.4 Å². The van der Waals surface area contributed by atoms with Crippen molar-refractivity contribution in [2.45, 2.75) is 19.4 Å². The van der Waals surface area contributed by atoms with Gasteiger partial charge in [-0.1, -0.05) is 12.1 Å². The molecule has 1 atom stereocenters. The van der Waals surface area contributed by atoms with Gasteiger partial charge in [-0.3, -0.25) is 14.4 Å². The van der Waals surface area contributed by atoms with E-state index >= 15 is 0 Å². The van der Waals surface area contributed by atoms with Crippen LogP contribution in [-0.2, 0) is 9.59 Å². The van der Waals surface area contributed by atoms with Crippen molar-refractivity contribution >= 4 is 23.2 Å². The highest BCUT2D eigenvalue weighted by molar-refractivity contribution is 6.00. The number of hydrogen-bond donors (Lipinski definition) is 2. The predicted octanol–water partition coefficient (Wildman–Crippen LogP) is 1.52. The van der Waals surface area contributed by atoms with Gasteiger partial charge in [0, 0.05) is 31.4 Å². The first kappa shape index (κ1) is 15.8. The molecular weight excluding hydrogens is 310 g/mol. The molecule has 1 aliphatic rings. The molecule has 0 saturated heterocycles. The van der Waals surface area contributed by atoms with Gasteiger partial charge in [0.2, 0.25) is 11.3 Å². The Morgan fingerprint density at radius 3 is 2.88 bits per heavy atom. The lowest BCUT2D eigenvalue weighted by atomic mass is 10.1. The molecule has 1 aromatic heterocycles. The molecule has 24 heavy (non-hydrogen) atoms. The normalized spacial score (nSPS) is 16.3. The second-order valence-electron chi connectivity index (χ2n) is 5.44. The largest absolute Gasteiger partial charge is 0.479 e. The molecule has 1 aromatic carbocycles. The average Bonchev–Trinajstić information content (AvgIpc) is 2.57. The number of aromatic nitrogens is 1. The first-order chi connectivity index (χ1) is 11.6. The molecule has 2 N–H and O–H groups in total. The van der Waals surface area contributed by atoms with Crippen molar-refractivity contribution in [3.8, 4) is 5.75 Å². The second kappa shape index (κ2) is 6.57. The van der Waals surface area contributed by atoms with Crippen LogP contribution in [0, 0.1) is 0 Å². The lowest BCUT2D eigenvalue weighted by molar-refractivity contribution is -0.125. The van der Waals surface area contributed by atoms with Gasteiger partial charge in [0.15, 0.2) is 6.10 Å². The molecule has 0 saturated carbocycles. The number of anilines is 2. The number of carbonyl (C=O) groups is 2. The summed E-state index contributed by atoms with van der Waals surface area (Å²) in [4.78, 5) is 40.3. The second-order valence-corrected chi connectivity index (χ2v) is 5.44. The van der Waals surface area contributed by atoms with Gasteiger partial charge in [0.25, 0.3) is 5.91 Å². The summed E-state index contributed by atoms with van der Waals surface area (Å²) in [5, 5.41) is 2.55. The van der Waals surface area contributed by atoms with E-state index in [0.717, 1.165) is 0 Å². The number of nitrogens with zero attached hydrogens (tertiary/aromatic N) is 1. The van der Waals surface area contributed by atoms with E-state index in [1.54, 1.807) is 19.1 Å². The lowest BCUT2D eigenvalue weighted by Crippen LogP contribution is -2.45. The number of aromatic amines is 1. The summed E-state index contributed by atoms with van der Waals surface area (Å²) in [5.74, 6) is 0.0831. The smallest absolute Gasteiger partial charge is 0.267 e. The van der Waals surface area contributed by atoms with Gasteiger partial charge < -0.3 is 19.9 Å². The molecular formula is C17H17N3O4. The van der Waals surface area contributed by atoms with Crippen molar-refractivity contribution in [2.75, 3.05) is 16.8 Å². The van der Waals surface area contributed by atoms with Crippen LogP contribution < -0.4 is 20.4 Å². The average molecular weight is 327 g/mol. The number of nitrogens with one attached hydrogen (secondary N) is 2. The third-order valence-electron chi connectivity index (χ3n) is 3.73. The topological polar surface area (TPSA) is 91.5 Å². The van der Waals surface area contributed by atoms with E-state index in [0.29, 0.717) is 11.4 Å². The Bertz CT molecular complexity index is 830. The SMILES string of the molecule is C[C@H]1Oc2ccccc2N(CCC(=O)Nc2c[nH]ccc2=O)C1=O. The van der Waals surface area contributed by atoms with Crippen LogP contribution >= 0.6 is 0 Å². The van der Waals surface area contributed by atoms with E-state index in [-0.39, 0.29) is 35.9 Å². The highest BCUT2D eigenvalue weighted by Crippen LogP contribution is 2.33. The Kier molecular flexibility index (Phi) is 4.33. The number of benzene rings is 1. The third-order valence-corrected chi connectivity index (χ3v) is 3.73. The van der Waals surface area contributed by atoms with Crippen LogP contribution in [0.5, 0.6) is 5.75 Å². The number of rotatable bonds is 4. The number of fused-ring (bicyclic) bond motifs is 1. The van der Waals surface area contributed by atoms with Crippen LogP contribution in [0.15, 0.2) is 47.5 Å². The van der Waals surface area contributed by atoms with Crippen molar-refractivity contribution < 1.29 is 14.3 Å². The summed E-state index contributed by atoms with van der Waals surface area (Å²) in [6.45, 7) is 1.88. The Morgan fingerprint density at radius 2 is 2.08 bits per heavy atom. The number of carbonyl (C=O) groups excluding carboxylic acids is 2. The van der Waals surface area contributed by atoms with Gasteiger partial charge >= 0.3 is 0 Å². The molecule has 0 spiro atoms. The highest BCUT2D eigenvalue weighted by Gasteiger charge is 2.31. The number of H-pyrrole nitrogens is 1. The number of pyridine rings is 1. The first-order valence-electron chi connectivity index (χ1n) is 7.60. The van der Waals surface area contributed by atoms with Crippen molar-refractivity contribution in [2.24, 2.45) is 0 Å². The van der Waals surface area contributed by atoms with E-state index in [4.69, 9.17) is 4.74 Å². The molecule has 7 nitrogen and oxygen atoms in total. The first-order valence-corrected chi connectivity index (χ1v) is 7.60. The summed E-state index contributed by atoms with van der Waals surface area (Å²) < 4.78 is 5.56. The van der Waals surface area contributed by atoms with E-state index < -0.39 is 6.10 Å². The molecule has 0 fully saturated rings. The minimum atomic E-state index is -0.597. The summed E-state index contributed by atoms with van der Waals surface area (Å²) in [7, 11) is 0. The van der Waals surface area contributed by atoms with Crippen molar-refractivity contribution in [3.63, 3.8) is 0 Å². The van der Waals surface area contributed by atoms with E-state index in [9.17, 15) is 14.4 Å². The fraction of sp³-hybridized carbons (Fsp3) is 0.235. The molecule has 0 radical (unpaired) electrons. The molecule has 7 heteroatoms. The van der Waals surface area contributed by atoms with E-state index in [2.05, 4.69) is 10.3 Å². The fourth-order valence-corrected chi connectivity index (χ4v) is 2.53. The summed E-state index contributed by atoms with van der Waals surface area (Å²) in [6.07, 6.45) is 2.39. The van der Waals surface area contributed by atoms with Crippen LogP contribution in [0.3, 0.4) is 0 Å². The van der Waals surface area contributed by atoms with Crippen molar-refractivity contribution in [3.05, 3.63) is 52.9 Å². The fourth-order valence-electron chi connectivity index (χ4n) is 2.53. The molecule has 2 heterocycles.